The number of aryl methyl sites for hydroxylation is 1. The first kappa shape index (κ1) is 17.1. The van der Waals surface area contributed by atoms with Crippen molar-refractivity contribution in [3.05, 3.63) is 23.5 Å². The summed E-state index contributed by atoms with van der Waals surface area (Å²) in [7, 11) is 1.34. The molecule has 0 spiro atoms. The van der Waals surface area contributed by atoms with Crippen molar-refractivity contribution in [3.8, 4) is 0 Å². The van der Waals surface area contributed by atoms with Crippen LogP contribution in [-0.2, 0) is 9.47 Å². The minimum Gasteiger partial charge on any atom is -0.465 e. The summed E-state index contributed by atoms with van der Waals surface area (Å²) in [6.07, 6.45) is 4.00. The van der Waals surface area contributed by atoms with Crippen molar-refractivity contribution in [1.29, 1.82) is 0 Å². The van der Waals surface area contributed by atoms with Crippen molar-refractivity contribution < 1.29 is 19.1 Å². The first-order valence-electron chi connectivity index (χ1n) is 7.53. The maximum Gasteiger partial charge on any atom is 0.410 e. The Morgan fingerprint density at radius 1 is 1.30 bits per heavy atom. The largest absolute Gasteiger partial charge is 0.465 e. The third kappa shape index (κ3) is 4.12. The van der Waals surface area contributed by atoms with Crippen LogP contribution < -0.4 is 0 Å². The molecule has 2 heterocycles. The number of carbonyl (C=O) groups excluding carboxylic acids is 2. The number of carbonyl (C=O) groups is 2. The van der Waals surface area contributed by atoms with Gasteiger partial charge in [0, 0.05) is 12.7 Å². The van der Waals surface area contributed by atoms with Gasteiger partial charge in [0.2, 0.25) is 0 Å². The van der Waals surface area contributed by atoms with Gasteiger partial charge in [-0.05, 0) is 34.1 Å². The van der Waals surface area contributed by atoms with E-state index < -0.39 is 11.6 Å². The van der Waals surface area contributed by atoms with Gasteiger partial charge in [0.25, 0.3) is 0 Å². The van der Waals surface area contributed by atoms with Gasteiger partial charge in [0.05, 0.1) is 25.0 Å². The van der Waals surface area contributed by atoms with E-state index in [2.05, 4.69) is 5.10 Å². The molecule has 7 nitrogen and oxygen atoms in total. The normalized spacial score (nSPS) is 15.2. The maximum absolute atomic E-state index is 12.2. The molecule has 0 aromatic carbocycles. The topological polar surface area (TPSA) is 73.7 Å². The average molecular weight is 321 g/mol. The molecule has 23 heavy (non-hydrogen) atoms. The van der Waals surface area contributed by atoms with Gasteiger partial charge in [-0.25, -0.2) is 14.3 Å². The number of amides is 1. The van der Waals surface area contributed by atoms with Crippen LogP contribution in [-0.4, -0.2) is 52.5 Å². The Hall–Kier alpha value is -2.31. The first-order chi connectivity index (χ1) is 10.7. The third-order valence-corrected chi connectivity index (χ3v) is 3.38. The quantitative estimate of drug-likeness (QED) is 0.782. The Balaban J connectivity index is 2.14. The molecule has 1 aliphatic rings. The van der Waals surface area contributed by atoms with E-state index in [0.717, 1.165) is 5.70 Å². The van der Waals surface area contributed by atoms with Gasteiger partial charge in [0.1, 0.15) is 11.2 Å². The van der Waals surface area contributed by atoms with Crippen LogP contribution in [0.5, 0.6) is 0 Å². The lowest BCUT2D eigenvalue weighted by Crippen LogP contribution is -2.40. The highest BCUT2D eigenvalue weighted by molar-refractivity contribution is 5.90. The van der Waals surface area contributed by atoms with Gasteiger partial charge < -0.3 is 14.4 Å². The summed E-state index contributed by atoms with van der Waals surface area (Å²) in [4.78, 5) is 25.5. The number of aromatic nitrogens is 2. The van der Waals surface area contributed by atoms with E-state index in [4.69, 9.17) is 9.47 Å². The average Bonchev–Trinajstić information content (AvgIpc) is 2.87. The summed E-state index contributed by atoms with van der Waals surface area (Å²) in [5, 5.41) is 4.34. The van der Waals surface area contributed by atoms with Gasteiger partial charge in [-0.15, -0.1) is 0 Å². The summed E-state index contributed by atoms with van der Waals surface area (Å²) in [5.74, 6) is -0.422. The van der Waals surface area contributed by atoms with Crippen molar-refractivity contribution in [3.63, 3.8) is 0 Å². The number of methoxy groups -OCH3 is 1. The Bertz CT molecular complexity index is 640. The molecule has 1 aromatic heterocycles. The van der Waals surface area contributed by atoms with E-state index in [1.165, 1.54) is 7.11 Å². The summed E-state index contributed by atoms with van der Waals surface area (Å²) < 4.78 is 11.8. The van der Waals surface area contributed by atoms with Crippen LogP contribution in [0, 0.1) is 6.92 Å². The molecule has 0 bridgehead atoms. The molecular formula is C16H23N3O4. The number of ether oxygens (including phenoxy) is 2. The molecular weight excluding hydrogens is 298 g/mol. The Morgan fingerprint density at radius 2 is 2.00 bits per heavy atom. The van der Waals surface area contributed by atoms with Gasteiger partial charge >= 0.3 is 12.1 Å². The van der Waals surface area contributed by atoms with Crippen LogP contribution in [0.15, 0.2) is 12.3 Å². The van der Waals surface area contributed by atoms with Crippen LogP contribution in [0.3, 0.4) is 0 Å². The lowest BCUT2D eigenvalue weighted by molar-refractivity contribution is 0.0270. The highest BCUT2D eigenvalue weighted by Crippen LogP contribution is 2.19. The number of nitrogens with zero attached hydrogens (tertiary/aromatic N) is 3. The van der Waals surface area contributed by atoms with Crippen molar-refractivity contribution in [2.45, 2.75) is 39.7 Å². The molecule has 0 saturated heterocycles. The predicted molar refractivity (Wildman–Crippen MR) is 85.0 cm³/mol. The fraction of sp³-hybridized carbons (Fsp3) is 0.562. The lowest BCUT2D eigenvalue weighted by atomic mass is 10.2. The van der Waals surface area contributed by atoms with E-state index >= 15 is 0 Å². The standard InChI is InChI=1S/C16H23N3O4/c1-11-13(14(20)22-5)10-19(17-11)12-7-6-8-18(9-12)15(21)23-16(2,3)4/h7,10H,6,8-9H2,1-5H3. The molecule has 0 saturated carbocycles. The highest BCUT2D eigenvalue weighted by Gasteiger charge is 2.25. The van der Waals surface area contributed by atoms with E-state index in [1.807, 2.05) is 26.8 Å². The molecule has 2 rings (SSSR count). The van der Waals surface area contributed by atoms with E-state index in [-0.39, 0.29) is 6.09 Å². The van der Waals surface area contributed by atoms with Crippen molar-refractivity contribution >= 4 is 17.8 Å². The second-order valence-electron chi connectivity index (χ2n) is 6.45. The molecule has 0 fully saturated rings. The Kier molecular flexibility index (Phi) is 4.77. The molecule has 0 aliphatic carbocycles. The van der Waals surface area contributed by atoms with Gasteiger partial charge in [-0.1, -0.05) is 6.08 Å². The van der Waals surface area contributed by atoms with Crippen molar-refractivity contribution in [2.75, 3.05) is 20.2 Å². The maximum atomic E-state index is 12.2. The SMILES string of the molecule is COC(=O)c1cn(C2=CCCN(C(=O)OC(C)(C)C)C2)nc1C. The Labute approximate surface area is 135 Å². The van der Waals surface area contributed by atoms with E-state index in [9.17, 15) is 9.59 Å². The van der Waals surface area contributed by atoms with E-state index in [1.54, 1.807) is 22.7 Å². The van der Waals surface area contributed by atoms with Gasteiger partial charge in [-0.2, -0.15) is 5.10 Å². The third-order valence-electron chi connectivity index (χ3n) is 3.38. The zero-order valence-corrected chi connectivity index (χ0v) is 14.3. The van der Waals surface area contributed by atoms with Gasteiger partial charge in [-0.3, -0.25) is 0 Å². The fourth-order valence-corrected chi connectivity index (χ4v) is 2.29. The van der Waals surface area contributed by atoms with Crippen LogP contribution >= 0.6 is 0 Å². The molecule has 1 amide bonds. The van der Waals surface area contributed by atoms with Crippen molar-refractivity contribution in [2.24, 2.45) is 0 Å². The number of esters is 1. The molecule has 0 atom stereocenters. The summed E-state index contributed by atoms with van der Waals surface area (Å²) in [6.45, 7) is 8.25. The first-order valence-corrected chi connectivity index (χ1v) is 7.53. The zero-order chi connectivity index (χ0) is 17.2. The van der Waals surface area contributed by atoms with E-state index in [0.29, 0.717) is 30.8 Å². The molecule has 1 aromatic rings. The number of hydrogen-bond donors (Lipinski definition) is 0. The number of hydrogen-bond acceptors (Lipinski definition) is 5. The molecule has 126 valence electrons. The zero-order valence-electron chi connectivity index (χ0n) is 14.3. The van der Waals surface area contributed by atoms with Gasteiger partial charge in [0.15, 0.2) is 0 Å². The molecule has 7 heteroatoms. The summed E-state index contributed by atoms with van der Waals surface area (Å²) >= 11 is 0. The molecule has 0 unspecified atom stereocenters. The molecule has 1 aliphatic heterocycles. The molecule has 0 radical (unpaired) electrons. The predicted octanol–water partition coefficient (Wildman–Crippen LogP) is 2.46. The highest BCUT2D eigenvalue weighted by atomic mass is 16.6. The van der Waals surface area contributed by atoms with Crippen LogP contribution in [0.2, 0.25) is 0 Å². The summed E-state index contributed by atoms with van der Waals surface area (Å²) in [5.41, 5.74) is 1.31. The lowest BCUT2D eigenvalue weighted by Gasteiger charge is -2.30. The Morgan fingerprint density at radius 3 is 2.61 bits per heavy atom. The second-order valence-corrected chi connectivity index (χ2v) is 6.45. The minimum absolute atomic E-state index is 0.347. The van der Waals surface area contributed by atoms with Crippen LogP contribution in [0.4, 0.5) is 4.79 Å². The fourth-order valence-electron chi connectivity index (χ4n) is 2.29. The van der Waals surface area contributed by atoms with Crippen LogP contribution in [0.1, 0.15) is 43.2 Å². The minimum atomic E-state index is -0.529. The smallest absolute Gasteiger partial charge is 0.410 e. The monoisotopic (exact) mass is 321 g/mol. The molecule has 0 N–H and O–H groups in total. The number of rotatable bonds is 2. The van der Waals surface area contributed by atoms with Crippen LogP contribution in [0.25, 0.3) is 5.70 Å². The van der Waals surface area contributed by atoms with Crippen molar-refractivity contribution in [1.82, 2.24) is 14.7 Å². The second kappa shape index (κ2) is 6.44. The summed E-state index contributed by atoms with van der Waals surface area (Å²) in [6, 6.07) is 0.